The summed E-state index contributed by atoms with van der Waals surface area (Å²) in [5.74, 6) is 1.33. The molecule has 1 aromatic heterocycles. The first-order chi connectivity index (χ1) is 8.17. The molecule has 1 heterocycles. The van der Waals surface area contributed by atoms with E-state index in [0.29, 0.717) is 18.6 Å². The van der Waals surface area contributed by atoms with Crippen molar-refractivity contribution in [2.24, 2.45) is 5.92 Å². The molecule has 0 saturated heterocycles. The monoisotopic (exact) mass is 236 g/mol. The third kappa shape index (κ3) is 4.73. The van der Waals surface area contributed by atoms with Crippen LogP contribution in [0.4, 0.5) is 0 Å². The summed E-state index contributed by atoms with van der Waals surface area (Å²) in [7, 11) is 0. The van der Waals surface area contributed by atoms with Crippen molar-refractivity contribution in [2.45, 2.75) is 40.2 Å². The zero-order valence-corrected chi connectivity index (χ0v) is 11.4. The quantitative estimate of drug-likeness (QED) is 0.790. The second kappa shape index (κ2) is 7.28. The number of hydrogen-bond donors (Lipinski definition) is 1. The number of hydrogen-bond acceptors (Lipinski definition) is 3. The minimum absolute atomic E-state index is 0.476. The Morgan fingerprint density at radius 2 is 2.06 bits per heavy atom. The van der Waals surface area contributed by atoms with Gasteiger partial charge in [-0.15, -0.1) is 0 Å². The van der Waals surface area contributed by atoms with Crippen LogP contribution >= 0.6 is 0 Å². The summed E-state index contributed by atoms with van der Waals surface area (Å²) in [6.07, 6.45) is 0.951. The van der Waals surface area contributed by atoms with Crippen molar-refractivity contribution >= 4 is 0 Å². The van der Waals surface area contributed by atoms with Crippen molar-refractivity contribution in [1.82, 2.24) is 10.3 Å². The molecular weight excluding hydrogens is 212 g/mol. The van der Waals surface area contributed by atoms with E-state index in [0.717, 1.165) is 24.5 Å². The lowest BCUT2D eigenvalue weighted by atomic mass is 9.99. The highest BCUT2D eigenvalue weighted by molar-refractivity contribution is 5.16. The van der Waals surface area contributed by atoms with Gasteiger partial charge in [0.15, 0.2) is 0 Å². The molecule has 0 spiro atoms. The normalized spacial score (nSPS) is 12.8. The van der Waals surface area contributed by atoms with Crippen LogP contribution in [-0.4, -0.2) is 24.2 Å². The molecule has 0 aliphatic rings. The van der Waals surface area contributed by atoms with Crippen LogP contribution in [0.25, 0.3) is 0 Å². The van der Waals surface area contributed by atoms with Crippen molar-refractivity contribution in [3.05, 3.63) is 23.9 Å². The molecule has 1 unspecified atom stereocenters. The van der Waals surface area contributed by atoms with Gasteiger partial charge in [-0.25, -0.2) is 4.98 Å². The van der Waals surface area contributed by atoms with Crippen molar-refractivity contribution < 1.29 is 4.74 Å². The first-order valence-corrected chi connectivity index (χ1v) is 6.49. The maximum absolute atomic E-state index is 5.42. The molecule has 96 valence electrons. The zero-order chi connectivity index (χ0) is 12.7. The molecule has 0 aliphatic heterocycles. The number of ether oxygens (including phenoxy) is 1. The fourth-order valence-corrected chi connectivity index (χ4v) is 1.83. The second-order valence-corrected chi connectivity index (χ2v) is 4.51. The predicted octanol–water partition coefficient (Wildman–Crippen LogP) is 2.66. The van der Waals surface area contributed by atoms with Gasteiger partial charge in [0.25, 0.3) is 0 Å². The first kappa shape index (κ1) is 14.0. The Labute approximate surface area is 105 Å². The number of rotatable bonds is 7. The Bertz CT molecular complexity index is 326. The van der Waals surface area contributed by atoms with Gasteiger partial charge < -0.3 is 10.1 Å². The van der Waals surface area contributed by atoms with Crippen molar-refractivity contribution in [2.75, 3.05) is 13.2 Å². The fraction of sp³-hybridized carbons (Fsp3) is 0.643. The summed E-state index contributed by atoms with van der Waals surface area (Å²) in [5.41, 5.74) is 1.09. The van der Waals surface area contributed by atoms with Crippen molar-refractivity contribution in [3.8, 4) is 5.88 Å². The molecule has 17 heavy (non-hydrogen) atoms. The molecule has 0 bridgehead atoms. The van der Waals surface area contributed by atoms with E-state index in [4.69, 9.17) is 4.74 Å². The molecule has 3 nitrogen and oxygen atoms in total. The van der Waals surface area contributed by atoms with E-state index in [1.165, 1.54) is 0 Å². The summed E-state index contributed by atoms with van der Waals surface area (Å²) in [6.45, 7) is 10.2. The number of pyridine rings is 1. The fourth-order valence-electron chi connectivity index (χ4n) is 1.83. The minimum Gasteiger partial charge on any atom is -0.478 e. The number of aromatic nitrogens is 1. The summed E-state index contributed by atoms with van der Waals surface area (Å²) in [6, 6.07) is 6.46. The molecule has 0 fully saturated rings. The average Bonchev–Trinajstić information content (AvgIpc) is 2.29. The largest absolute Gasteiger partial charge is 0.478 e. The van der Waals surface area contributed by atoms with Crippen LogP contribution in [0.15, 0.2) is 18.2 Å². The van der Waals surface area contributed by atoms with Crippen molar-refractivity contribution in [3.63, 3.8) is 0 Å². The summed E-state index contributed by atoms with van der Waals surface area (Å²) >= 11 is 0. The predicted molar refractivity (Wildman–Crippen MR) is 71.4 cm³/mol. The lowest BCUT2D eigenvalue weighted by molar-refractivity contribution is 0.324. The van der Waals surface area contributed by atoms with E-state index < -0.39 is 0 Å². The molecule has 1 rings (SSSR count). The summed E-state index contributed by atoms with van der Waals surface area (Å²) < 4.78 is 5.42. The Kier molecular flexibility index (Phi) is 5.98. The standard InChI is InChI=1S/C14H24N2O/c1-5-15-13(11(3)4)10-12-8-7-9-14(16-12)17-6-2/h7-9,11,13,15H,5-6,10H2,1-4H3. The maximum Gasteiger partial charge on any atom is 0.213 e. The highest BCUT2D eigenvalue weighted by Crippen LogP contribution is 2.12. The third-order valence-electron chi connectivity index (χ3n) is 2.77. The smallest absolute Gasteiger partial charge is 0.213 e. The van der Waals surface area contributed by atoms with Gasteiger partial charge in [-0.3, -0.25) is 0 Å². The van der Waals surface area contributed by atoms with Crippen LogP contribution in [0.5, 0.6) is 5.88 Å². The highest BCUT2D eigenvalue weighted by atomic mass is 16.5. The Morgan fingerprint density at radius 3 is 2.65 bits per heavy atom. The van der Waals surface area contributed by atoms with E-state index in [2.05, 4.69) is 37.1 Å². The van der Waals surface area contributed by atoms with Gasteiger partial charge in [0.2, 0.25) is 5.88 Å². The van der Waals surface area contributed by atoms with Crippen LogP contribution in [0.1, 0.15) is 33.4 Å². The second-order valence-electron chi connectivity index (χ2n) is 4.51. The van der Waals surface area contributed by atoms with E-state index >= 15 is 0 Å². The molecule has 0 aromatic carbocycles. The number of nitrogens with zero attached hydrogens (tertiary/aromatic N) is 1. The molecule has 1 aromatic rings. The zero-order valence-electron chi connectivity index (χ0n) is 11.4. The van der Waals surface area contributed by atoms with Gasteiger partial charge in [0.1, 0.15) is 0 Å². The molecule has 1 N–H and O–H groups in total. The SMILES string of the molecule is CCNC(Cc1cccc(OCC)n1)C(C)C. The maximum atomic E-state index is 5.42. The van der Waals surface area contributed by atoms with Gasteiger partial charge in [-0.05, 0) is 25.5 Å². The van der Waals surface area contributed by atoms with Gasteiger partial charge in [-0.1, -0.05) is 26.8 Å². The molecule has 0 radical (unpaired) electrons. The number of nitrogens with one attached hydrogen (secondary N) is 1. The Morgan fingerprint density at radius 1 is 1.29 bits per heavy atom. The van der Waals surface area contributed by atoms with Gasteiger partial charge in [-0.2, -0.15) is 0 Å². The van der Waals surface area contributed by atoms with Gasteiger partial charge in [0.05, 0.1) is 6.61 Å². The molecule has 0 saturated carbocycles. The third-order valence-corrected chi connectivity index (χ3v) is 2.77. The van der Waals surface area contributed by atoms with E-state index in [9.17, 15) is 0 Å². The minimum atomic E-state index is 0.476. The lowest BCUT2D eigenvalue weighted by Gasteiger charge is -2.21. The Balaban J connectivity index is 2.68. The van der Waals surface area contributed by atoms with Gasteiger partial charge in [0, 0.05) is 24.2 Å². The first-order valence-electron chi connectivity index (χ1n) is 6.49. The summed E-state index contributed by atoms with van der Waals surface area (Å²) in [5, 5.41) is 3.50. The van der Waals surface area contributed by atoms with Crippen LogP contribution in [0, 0.1) is 5.92 Å². The van der Waals surface area contributed by atoms with Crippen LogP contribution in [0.3, 0.4) is 0 Å². The van der Waals surface area contributed by atoms with Crippen molar-refractivity contribution in [1.29, 1.82) is 0 Å². The number of likely N-dealkylation sites (N-methyl/N-ethyl adjacent to an activating group) is 1. The Hall–Kier alpha value is -1.09. The molecular formula is C14H24N2O. The topological polar surface area (TPSA) is 34.1 Å². The highest BCUT2D eigenvalue weighted by Gasteiger charge is 2.13. The lowest BCUT2D eigenvalue weighted by Crippen LogP contribution is -2.35. The molecule has 1 atom stereocenters. The summed E-state index contributed by atoms with van der Waals surface area (Å²) in [4.78, 5) is 4.50. The molecule has 0 amide bonds. The van der Waals surface area contributed by atoms with Crippen LogP contribution in [-0.2, 0) is 6.42 Å². The van der Waals surface area contributed by atoms with E-state index in [-0.39, 0.29) is 0 Å². The molecule has 3 heteroatoms. The van der Waals surface area contributed by atoms with E-state index in [1.807, 2.05) is 19.1 Å². The van der Waals surface area contributed by atoms with E-state index in [1.54, 1.807) is 0 Å². The van der Waals surface area contributed by atoms with Gasteiger partial charge >= 0.3 is 0 Å². The van der Waals surface area contributed by atoms with Crippen LogP contribution < -0.4 is 10.1 Å². The average molecular weight is 236 g/mol. The van der Waals surface area contributed by atoms with Crippen LogP contribution in [0.2, 0.25) is 0 Å². The molecule has 0 aliphatic carbocycles.